The third-order valence-corrected chi connectivity index (χ3v) is 4.83. The summed E-state index contributed by atoms with van der Waals surface area (Å²) in [6.45, 7) is 13.0. The van der Waals surface area contributed by atoms with Gasteiger partial charge < -0.3 is 15.0 Å². The second-order valence-electron chi connectivity index (χ2n) is 6.29. The number of benzene rings is 1. The molecule has 0 bridgehead atoms. The lowest BCUT2D eigenvalue weighted by atomic mass is 9.94. The summed E-state index contributed by atoms with van der Waals surface area (Å²) < 4.78 is 5.92. The zero-order chi connectivity index (χ0) is 15.4. The quantitative estimate of drug-likeness (QED) is 0.903. The molecule has 0 aliphatic carbocycles. The van der Waals surface area contributed by atoms with Crippen LogP contribution in [0.4, 0.5) is 0 Å². The van der Waals surface area contributed by atoms with Crippen molar-refractivity contribution in [3.05, 3.63) is 29.3 Å². The van der Waals surface area contributed by atoms with E-state index in [9.17, 15) is 0 Å². The summed E-state index contributed by atoms with van der Waals surface area (Å²) >= 11 is 0. The third kappa shape index (κ3) is 3.29. The van der Waals surface area contributed by atoms with Crippen molar-refractivity contribution in [2.75, 3.05) is 45.9 Å². The van der Waals surface area contributed by atoms with E-state index in [4.69, 9.17) is 4.74 Å². The molecule has 22 heavy (non-hydrogen) atoms. The Balaban J connectivity index is 1.77. The number of nitrogens with one attached hydrogen (secondary N) is 1. The predicted octanol–water partition coefficient (Wildman–Crippen LogP) is 2.26. The van der Waals surface area contributed by atoms with Gasteiger partial charge in [-0.1, -0.05) is 19.1 Å². The number of hydrogen-bond acceptors (Lipinski definition) is 4. The van der Waals surface area contributed by atoms with E-state index in [-0.39, 0.29) is 0 Å². The number of ether oxygens (including phenoxy) is 1. The molecule has 0 amide bonds. The van der Waals surface area contributed by atoms with Gasteiger partial charge in [0.2, 0.25) is 0 Å². The van der Waals surface area contributed by atoms with Gasteiger partial charge in [0, 0.05) is 44.8 Å². The minimum atomic E-state index is 0.454. The molecule has 1 N–H and O–H groups in total. The summed E-state index contributed by atoms with van der Waals surface area (Å²) in [6, 6.07) is 6.95. The van der Waals surface area contributed by atoms with Crippen LogP contribution < -0.4 is 10.1 Å². The Morgan fingerprint density at radius 2 is 2.00 bits per heavy atom. The van der Waals surface area contributed by atoms with E-state index >= 15 is 0 Å². The molecule has 1 fully saturated rings. The fourth-order valence-electron chi connectivity index (χ4n) is 3.78. The molecule has 2 aliphatic rings. The highest BCUT2D eigenvalue weighted by atomic mass is 16.5. The van der Waals surface area contributed by atoms with Crippen LogP contribution in [0.1, 0.15) is 37.4 Å². The highest BCUT2D eigenvalue weighted by Gasteiger charge is 2.30. The van der Waals surface area contributed by atoms with Gasteiger partial charge in [-0.3, -0.25) is 4.90 Å². The maximum absolute atomic E-state index is 5.92. The molecule has 0 spiro atoms. The Kier molecular flexibility index (Phi) is 5.34. The van der Waals surface area contributed by atoms with Crippen LogP contribution in [0.3, 0.4) is 0 Å². The molecule has 2 aliphatic heterocycles. The molecule has 0 unspecified atom stereocenters. The first-order chi connectivity index (χ1) is 10.8. The largest absolute Gasteiger partial charge is 0.494 e. The molecular formula is C18H29N3O. The van der Waals surface area contributed by atoms with Gasteiger partial charge in [-0.25, -0.2) is 0 Å². The summed E-state index contributed by atoms with van der Waals surface area (Å²) in [5, 5.41) is 3.58. The molecule has 1 aromatic carbocycles. The molecule has 0 saturated carbocycles. The van der Waals surface area contributed by atoms with Gasteiger partial charge in [0.1, 0.15) is 5.75 Å². The third-order valence-electron chi connectivity index (χ3n) is 4.83. The van der Waals surface area contributed by atoms with Gasteiger partial charge in [0.15, 0.2) is 0 Å². The predicted molar refractivity (Wildman–Crippen MR) is 90.4 cm³/mol. The van der Waals surface area contributed by atoms with Gasteiger partial charge in [0.25, 0.3) is 0 Å². The standard InChI is InChI=1S/C18H29N3O/c1-3-8-20-9-11-21(12-10-20)16-14-19-13-15-6-5-7-17(18(15)16)22-4-2/h5-7,16,19H,3-4,8-14H2,1-2H3/t16-/m1/s1. The maximum atomic E-state index is 5.92. The van der Waals surface area contributed by atoms with Crippen LogP contribution in [0, 0.1) is 0 Å². The zero-order valence-electron chi connectivity index (χ0n) is 14.0. The topological polar surface area (TPSA) is 27.7 Å². The highest BCUT2D eigenvalue weighted by molar-refractivity contribution is 5.44. The van der Waals surface area contributed by atoms with Crippen LogP contribution in [0.25, 0.3) is 0 Å². The van der Waals surface area contributed by atoms with E-state index in [1.807, 2.05) is 0 Å². The fraction of sp³-hybridized carbons (Fsp3) is 0.667. The number of nitrogens with zero attached hydrogens (tertiary/aromatic N) is 2. The van der Waals surface area contributed by atoms with Crippen molar-refractivity contribution in [3.63, 3.8) is 0 Å². The maximum Gasteiger partial charge on any atom is 0.124 e. The highest BCUT2D eigenvalue weighted by Crippen LogP contribution is 2.35. The van der Waals surface area contributed by atoms with Crippen molar-refractivity contribution in [2.45, 2.75) is 32.9 Å². The Morgan fingerprint density at radius 3 is 2.73 bits per heavy atom. The first kappa shape index (κ1) is 15.8. The van der Waals surface area contributed by atoms with Crippen LogP contribution in [-0.2, 0) is 6.54 Å². The van der Waals surface area contributed by atoms with Crippen molar-refractivity contribution >= 4 is 0 Å². The van der Waals surface area contributed by atoms with Crippen molar-refractivity contribution < 1.29 is 4.74 Å². The van der Waals surface area contributed by atoms with Crippen LogP contribution in [0.5, 0.6) is 5.75 Å². The van der Waals surface area contributed by atoms with E-state index in [1.165, 1.54) is 37.2 Å². The SMILES string of the molecule is CCCN1CCN([C@@H]2CNCc3cccc(OCC)c32)CC1. The van der Waals surface area contributed by atoms with Crippen molar-refractivity contribution in [2.24, 2.45) is 0 Å². The van der Waals surface area contributed by atoms with E-state index in [1.54, 1.807) is 0 Å². The second kappa shape index (κ2) is 7.44. The number of fused-ring (bicyclic) bond motifs is 1. The Bertz CT molecular complexity index is 483. The molecule has 4 nitrogen and oxygen atoms in total. The molecule has 1 saturated heterocycles. The van der Waals surface area contributed by atoms with Gasteiger partial charge in [0.05, 0.1) is 12.6 Å². The van der Waals surface area contributed by atoms with Crippen LogP contribution in [0.15, 0.2) is 18.2 Å². The van der Waals surface area contributed by atoms with Crippen molar-refractivity contribution in [3.8, 4) is 5.75 Å². The van der Waals surface area contributed by atoms with Gasteiger partial charge in [-0.05, 0) is 31.5 Å². The molecule has 3 rings (SSSR count). The molecule has 0 aromatic heterocycles. The minimum absolute atomic E-state index is 0.454. The lowest BCUT2D eigenvalue weighted by molar-refractivity contribution is 0.0902. The van der Waals surface area contributed by atoms with Crippen LogP contribution in [0.2, 0.25) is 0 Å². The van der Waals surface area contributed by atoms with Gasteiger partial charge >= 0.3 is 0 Å². The summed E-state index contributed by atoms with van der Waals surface area (Å²) in [4.78, 5) is 5.22. The monoisotopic (exact) mass is 303 g/mol. The molecule has 1 aromatic rings. The molecular weight excluding hydrogens is 274 g/mol. The summed E-state index contributed by atoms with van der Waals surface area (Å²) in [6.07, 6.45) is 1.25. The fourth-order valence-corrected chi connectivity index (χ4v) is 3.78. The summed E-state index contributed by atoms with van der Waals surface area (Å²) in [7, 11) is 0. The van der Waals surface area contributed by atoms with Gasteiger partial charge in [-0.2, -0.15) is 0 Å². The number of hydrogen-bond donors (Lipinski definition) is 1. The van der Waals surface area contributed by atoms with Crippen molar-refractivity contribution in [1.82, 2.24) is 15.1 Å². The lowest BCUT2D eigenvalue weighted by Gasteiger charge is -2.42. The Morgan fingerprint density at radius 1 is 1.18 bits per heavy atom. The van der Waals surface area contributed by atoms with Crippen molar-refractivity contribution in [1.29, 1.82) is 0 Å². The average molecular weight is 303 g/mol. The van der Waals surface area contributed by atoms with Crippen LogP contribution in [-0.4, -0.2) is 55.7 Å². The normalized spacial score (nSPS) is 23.3. The van der Waals surface area contributed by atoms with E-state index < -0.39 is 0 Å². The van der Waals surface area contributed by atoms with Gasteiger partial charge in [-0.15, -0.1) is 0 Å². The molecule has 4 heteroatoms. The minimum Gasteiger partial charge on any atom is -0.494 e. The Labute approximate surface area is 134 Å². The summed E-state index contributed by atoms with van der Waals surface area (Å²) in [5.41, 5.74) is 2.82. The Hall–Kier alpha value is -1.10. The van der Waals surface area contributed by atoms with E-state index in [0.717, 1.165) is 38.5 Å². The first-order valence-corrected chi connectivity index (χ1v) is 8.75. The first-order valence-electron chi connectivity index (χ1n) is 8.75. The zero-order valence-corrected chi connectivity index (χ0v) is 14.0. The number of rotatable bonds is 5. The van der Waals surface area contributed by atoms with E-state index in [0.29, 0.717) is 6.04 Å². The number of piperazine rings is 1. The average Bonchev–Trinajstić information content (AvgIpc) is 2.56. The lowest BCUT2D eigenvalue weighted by Crippen LogP contribution is -2.50. The van der Waals surface area contributed by atoms with E-state index in [2.05, 4.69) is 47.2 Å². The summed E-state index contributed by atoms with van der Waals surface area (Å²) in [5.74, 6) is 1.09. The molecule has 0 radical (unpaired) electrons. The molecule has 1 atom stereocenters. The molecule has 122 valence electrons. The smallest absolute Gasteiger partial charge is 0.124 e. The molecule has 2 heterocycles. The van der Waals surface area contributed by atoms with Crippen LogP contribution >= 0.6 is 0 Å². The second-order valence-corrected chi connectivity index (χ2v) is 6.29.